The maximum atomic E-state index is 6.52. The van der Waals surface area contributed by atoms with Gasteiger partial charge >= 0.3 is 0 Å². The zero-order valence-electron chi connectivity index (χ0n) is 18.1. The van der Waals surface area contributed by atoms with Gasteiger partial charge in [0, 0.05) is 28.2 Å². The van der Waals surface area contributed by atoms with Crippen molar-refractivity contribution >= 4 is 22.5 Å². The Morgan fingerprint density at radius 3 is 2.50 bits per heavy atom. The number of nitrogens with one attached hydrogen (secondary N) is 1. The van der Waals surface area contributed by atoms with E-state index in [0.717, 1.165) is 56.9 Å². The first-order valence-corrected chi connectivity index (χ1v) is 11.8. The van der Waals surface area contributed by atoms with Crippen molar-refractivity contribution in [2.45, 2.75) is 31.7 Å². The van der Waals surface area contributed by atoms with Gasteiger partial charge in [0.25, 0.3) is 0 Å². The van der Waals surface area contributed by atoms with Gasteiger partial charge in [-0.2, -0.15) is 0 Å². The summed E-state index contributed by atoms with van der Waals surface area (Å²) < 4.78 is 6.52. The lowest BCUT2D eigenvalue weighted by atomic mass is 9.99. The predicted octanol–water partition coefficient (Wildman–Crippen LogP) is 7.13. The van der Waals surface area contributed by atoms with Crippen molar-refractivity contribution in [3.63, 3.8) is 0 Å². The fraction of sp³-hybridized carbons (Fsp3) is 0.250. The molecule has 162 valence electrons. The zero-order chi connectivity index (χ0) is 21.8. The van der Waals surface area contributed by atoms with Crippen molar-refractivity contribution in [2.24, 2.45) is 0 Å². The molecular formula is C28H27ClN2O. The van der Waals surface area contributed by atoms with Crippen molar-refractivity contribution in [2.75, 3.05) is 13.2 Å². The van der Waals surface area contributed by atoms with Crippen LogP contribution >= 0.6 is 11.6 Å². The molecule has 0 aliphatic carbocycles. The minimum absolute atomic E-state index is 0.543. The molecule has 1 aliphatic rings. The molecule has 1 saturated heterocycles. The number of benzene rings is 3. The van der Waals surface area contributed by atoms with E-state index in [-0.39, 0.29) is 0 Å². The quantitative estimate of drug-likeness (QED) is 0.344. The van der Waals surface area contributed by atoms with Gasteiger partial charge in [-0.3, -0.25) is 4.98 Å². The summed E-state index contributed by atoms with van der Waals surface area (Å²) in [5.74, 6) is 0.910. The summed E-state index contributed by atoms with van der Waals surface area (Å²) in [5, 5.41) is 5.40. The molecule has 0 saturated carbocycles. The van der Waals surface area contributed by atoms with E-state index in [1.54, 1.807) is 0 Å². The summed E-state index contributed by atoms with van der Waals surface area (Å²) >= 11 is 6.09. The summed E-state index contributed by atoms with van der Waals surface area (Å²) in [6.07, 6.45) is 6.75. The number of ether oxygens (including phenoxy) is 1. The molecule has 1 N–H and O–H groups in total. The normalized spacial score (nSPS) is 16.2. The highest BCUT2D eigenvalue weighted by atomic mass is 35.5. The summed E-state index contributed by atoms with van der Waals surface area (Å²) in [6, 6.07) is 25.2. The Morgan fingerprint density at radius 1 is 0.906 bits per heavy atom. The third kappa shape index (κ3) is 4.64. The Labute approximate surface area is 194 Å². The molecule has 3 nitrogen and oxygen atoms in total. The Kier molecular flexibility index (Phi) is 6.38. The van der Waals surface area contributed by atoms with E-state index in [2.05, 4.69) is 47.8 Å². The minimum Gasteiger partial charge on any atom is -0.492 e. The lowest BCUT2D eigenvalue weighted by Crippen LogP contribution is -2.35. The monoisotopic (exact) mass is 442 g/mol. The lowest BCUT2D eigenvalue weighted by molar-refractivity contribution is 0.271. The first kappa shape index (κ1) is 21.0. The SMILES string of the molecule is Clc1ccc(-c2ccc3ncc(-c4ccccc4)c(OCCC4CCCCN4)c3c2)cc1. The Morgan fingerprint density at radius 2 is 1.72 bits per heavy atom. The van der Waals surface area contributed by atoms with Crippen molar-refractivity contribution in [3.05, 3.63) is 84.0 Å². The highest BCUT2D eigenvalue weighted by Gasteiger charge is 2.16. The summed E-state index contributed by atoms with van der Waals surface area (Å²) in [4.78, 5) is 4.75. The molecule has 1 aliphatic heterocycles. The predicted molar refractivity (Wildman–Crippen MR) is 133 cm³/mol. The van der Waals surface area contributed by atoms with Crippen molar-refractivity contribution in [3.8, 4) is 28.0 Å². The van der Waals surface area contributed by atoms with Gasteiger partial charge in [-0.25, -0.2) is 0 Å². The van der Waals surface area contributed by atoms with Crippen LogP contribution in [0.2, 0.25) is 5.02 Å². The van der Waals surface area contributed by atoms with Gasteiger partial charge < -0.3 is 10.1 Å². The van der Waals surface area contributed by atoms with Gasteiger partial charge in [0.1, 0.15) is 5.75 Å². The van der Waals surface area contributed by atoms with Crippen molar-refractivity contribution in [1.82, 2.24) is 10.3 Å². The van der Waals surface area contributed by atoms with E-state index in [0.29, 0.717) is 12.6 Å². The van der Waals surface area contributed by atoms with Crippen LogP contribution in [0.1, 0.15) is 25.7 Å². The van der Waals surface area contributed by atoms with Gasteiger partial charge in [-0.1, -0.05) is 66.6 Å². The number of rotatable bonds is 6. The number of hydrogen-bond donors (Lipinski definition) is 1. The van der Waals surface area contributed by atoms with E-state index >= 15 is 0 Å². The second kappa shape index (κ2) is 9.72. The topological polar surface area (TPSA) is 34.1 Å². The van der Waals surface area contributed by atoms with E-state index in [1.807, 2.05) is 36.5 Å². The van der Waals surface area contributed by atoms with Gasteiger partial charge in [0.2, 0.25) is 0 Å². The molecule has 1 fully saturated rings. The van der Waals surface area contributed by atoms with E-state index in [4.69, 9.17) is 21.3 Å². The molecule has 4 heteroatoms. The number of fused-ring (bicyclic) bond motifs is 1. The fourth-order valence-corrected chi connectivity index (χ4v) is 4.57. The van der Waals surface area contributed by atoms with Crippen LogP contribution in [0.25, 0.3) is 33.2 Å². The van der Waals surface area contributed by atoms with Crippen molar-refractivity contribution in [1.29, 1.82) is 0 Å². The first-order valence-electron chi connectivity index (χ1n) is 11.4. The fourth-order valence-electron chi connectivity index (χ4n) is 4.44. The van der Waals surface area contributed by atoms with Crippen LogP contribution in [0, 0.1) is 0 Å². The van der Waals surface area contributed by atoms with Crippen LogP contribution in [0.3, 0.4) is 0 Å². The third-order valence-corrected chi connectivity index (χ3v) is 6.46. The van der Waals surface area contributed by atoms with E-state index < -0.39 is 0 Å². The standard InChI is InChI=1S/C28H27ClN2O/c29-23-12-9-20(10-13-23)22-11-14-27-25(18-22)28(32-17-15-24-8-4-5-16-30-24)26(19-31-27)21-6-2-1-3-7-21/h1-3,6-7,9-14,18-19,24,30H,4-5,8,15-17H2. The molecule has 0 bridgehead atoms. The van der Waals surface area contributed by atoms with Gasteiger partial charge in [-0.15, -0.1) is 0 Å². The molecule has 0 radical (unpaired) electrons. The Bertz CT molecular complexity index is 1190. The zero-order valence-corrected chi connectivity index (χ0v) is 18.8. The molecule has 2 heterocycles. The third-order valence-electron chi connectivity index (χ3n) is 6.21. The van der Waals surface area contributed by atoms with Crippen LogP contribution in [0.5, 0.6) is 5.75 Å². The molecule has 5 rings (SSSR count). The number of hydrogen-bond acceptors (Lipinski definition) is 3. The largest absolute Gasteiger partial charge is 0.492 e. The van der Waals surface area contributed by atoms with Crippen LogP contribution in [0.4, 0.5) is 0 Å². The smallest absolute Gasteiger partial charge is 0.138 e. The molecule has 1 aromatic heterocycles. The Balaban J connectivity index is 1.53. The van der Waals surface area contributed by atoms with Crippen LogP contribution < -0.4 is 10.1 Å². The van der Waals surface area contributed by atoms with Crippen LogP contribution in [0.15, 0.2) is 79.0 Å². The number of pyridine rings is 1. The molecule has 4 aromatic rings. The number of piperidine rings is 1. The molecule has 1 unspecified atom stereocenters. The molecule has 1 atom stereocenters. The van der Waals surface area contributed by atoms with Gasteiger partial charge in [0.05, 0.1) is 12.1 Å². The molecule has 0 spiro atoms. The molecule has 32 heavy (non-hydrogen) atoms. The van der Waals surface area contributed by atoms with E-state index in [1.165, 1.54) is 19.3 Å². The minimum atomic E-state index is 0.543. The van der Waals surface area contributed by atoms with Crippen LogP contribution in [-0.4, -0.2) is 24.2 Å². The second-order valence-corrected chi connectivity index (χ2v) is 8.83. The highest BCUT2D eigenvalue weighted by molar-refractivity contribution is 6.30. The summed E-state index contributed by atoms with van der Waals surface area (Å²) in [5.41, 5.74) is 5.33. The van der Waals surface area contributed by atoms with Crippen LogP contribution in [-0.2, 0) is 0 Å². The molecule has 0 amide bonds. The average Bonchev–Trinajstić information content (AvgIpc) is 2.85. The number of nitrogens with zero attached hydrogens (tertiary/aromatic N) is 1. The van der Waals surface area contributed by atoms with E-state index in [9.17, 15) is 0 Å². The summed E-state index contributed by atoms with van der Waals surface area (Å²) in [7, 11) is 0. The second-order valence-electron chi connectivity index (χ2n) is 8.39. The highest BCUT2D eigenvalue weighted by Crippen LogP contribution is 2.38. The molecule has 3 aromatic carbocycles. The molecular weight excluding hydrogens is 416 g/mol. The van der Waals surface area contributed by atoms with Gasteiger partial charge in [-0.05, 0) is 66.8 Å². The lowest BCUT2D eigenvalue weighted by Gasteiger charge is -2.24. The Hall–Kier alpha value is -2.88. The number of aromatic nitrogens is 1. The maximum Gasteiger partial charge on any atom is 0.138 e. The average molecular weight is 443 g/mol. The first-order chi connectivity index (χ1) is 15.8. The van der Waals surface area contributed by atoms with Crippen molar-refractivity contribution < 1.29 is 4.74 Å². The van der Waals surface area contributed by atoms with Gasteiger partial charge in [0.15, 0.2) is 0 Å². The summed E-state index contributed by atoms with van der Waals surface area (Å²) in [6.45, 7) is 1.80. The number of halogens is 1. The maximum absolute atomic E-state index is 6.52.